The number of rotatable bonds is 1. The minimum atomic E-state index is 0.171. The van der Waals surface area contributed by atoms with E-state index >= 15 is 0 Å². The zero-order chi connectivity index (χ0) is 9.52. The molecule has 0 fully saturated rings. The molecule has 0 bridgehead atoms. The Kier molecular flexibility index (Phi) is 3.25. The number of hydrogen-bond acceptors (Lipinski definition) is 2. The fraction of sp³-hybridized carbons (Fsp3) is 0.111. The molecule has 0 aliphatic carbocycles. The first-order valence-electron chi connectivity index (χ1n) is 3.69. The van der Waals surface area contributed by atoms with Crippen molar-refractivity contribution in [1.82, 2.24) is 0 Å². The van der Waals surface area contributed by atoms with Crippen LogP contribution in [0.15, 0.2) is 29.4 Å². The Balaban J connectivity index is 2.77. The van der Waals surface area contributed by atoms with Crippen LogP contribution in [0, 0.1) is 11.8 Å². The lowest BCUT2D eigenvalue weighted by molar-refractivity contribution is 1.25. The van der Waals surface area contributed by atoms with Crippen molar-refractivity contribution in [1.29, 1.82) is 0 Å². The van der Waals surface area contributed by atoms with Crippen LogP contribution in [0.5, 0.6) is 0 Å². The van der Waals surface area contributed by atoms with Gasteiger partial charge in [-0.1, -0.05) is 29.1 Å². The number of nitrogens with two attached hydrogens (primary N) is 1. The van der Waals surface area contributed by atoms with E-state index < -0.39 is 0 Å². The van der Waals surface area contributed by atoms with E-state index in [-0.39, 0.29) is 6.54 Å². The van der Waals surface area contributed by atoms with Crippen LogP contribution in [0.4, 0.5) is 5.69 Å². The maximum absolute atomic E-state index is 7.98. The highest BCUT2D eigenvalue weighted by molar-refractivity contribution is 5.55. The number of hydrogen-bond donors (Lipinski definition) is 1. The van der Waals surface area contributed by atoms with E-state index in [1.165, 1.54) is 0 Å². The highest BCUT2D eigenvalue weighted by atomic mass is 15.1. The van der Waals surface area contributed by atoms with Gasteiger partial charge in [-0.25, -0.2) is 0 Å². The smallest absolute Gasteiger partial charge is 0.0880 e. The fourth-order valence-electron chi connectivity index (χ4n) is 0.813. The number of anilines is 1. The summed E-state index contributed by atoms with van der Waals surface area (Å²) in [7, 11) is 0. The third-order valence-electron chi connectivity index (χ3n) is 1.40. The van der Waals surface area contributed by atoms with Crippen LogP contribution in [0.2, 0.25) is 0 Å². The summed E-state index contributed by atoms with van der Waals surface area (Å²) in [4.78, 5) is 2.58. The number of para-hydroxylation sites is 1. The fourth-order valence-corrected chi connectivity index (χ4v) is 0.813. The molecule has 0 aromatic heterocycles. The summed E-state index contributed by atoms with van der Waals surface area (Å²) >= 11 is 0. The van der Waals surface area contributed by atoms with Gasteiger partial charge in [0, 0.05) is 16.2 Å². The molecule has 0 unspecified atom stereocenters. The van der Waals surface area contributed by atoms with E-state index in [4.69, 9.17) is 11.3 Å². The van der Waals surface area contributed by atoms with Gasteiger partial charge in [0.25, 0.3) is 0 Å². The molecule has 0 amide bonds. The normalized spacial score (nSPS) is 8.00. The van der Waals surface area contributed by atoms with Gasteiger partial charge in [0.1, 0.15) is 0 Å². The number of azide groups is 1. The Morgan fingerprint density at radius 3 is 2.92 bits per heavy atom. The summed E-state index contributed by atoms with van der Waals surface area (Å²) in [5.74, 6) is 5.50. The largest absolute Gasteiger partial charge is 0.398 e. The Bertz CT molecular complexity index is 394. The van der Waals surface area contributed by atoms with Crippen LogP contribution in [0.1, 0.15) is 5.56 Å². The van der Waals surface area contributed by atoms with Crippen molar-refractivity contribution in [3.63, 3.8) is 0 Å². The molecule has 0 radical (unpaired) electrons. The van der Waals surface area contributed by atoms with Crippen molar-refractivity contribution in [3.8, 4) is 11.8 Å². The molecule has 2 N–H and O–H groups in total. The third kappa shape index (κ3) is 2.78. The molecule has 0 aliphatic heterocycles. The highest BCUT2D eigenvalue weighted by Crippen LogP contribution is 2.07. The van der Waals surface area contributed by atoms with E-state index in [1.807, 2.05) is 18.2 Å². The Labute approximate surface area is 76.0 Å². The van der Waals surface area contributed by atoms with Crippen molar-refractivity contribution >= 4 is 5.69 Å². The predicted molar refractivity (Wildman–Crippen MR) is 51.7 cm³/mol. The maximum atomic E-state index is 7.98. The Morgan fingerprint density at radius 2 is 2.23 bits per heavy atom. The maximum Gasteiger partial charge on any atom is 0.0880 e. The van der Waals surface area contributed by atoms with Gasteiger partial charge in [0.15, 0.2) is 0 Å². The second kappa shape index (κ2) is 4.70. The standard InChI is InChI=1S/C9H8N4/c10-9-6-2-1-4-8(9)5-3-7-12-13-11/h1-2,4,6H,7,10H2. The molecular weight excluding hydrogens is 164 g/mol. The lowest BCUT2D eigenvalue weighted by Gasteiger charge is -1.94. The average molecular weight is 172 g/mol. The van der Waals surface area contributed by atoms with Gasteiger partial charge >= 0.3 is 0 Å². The molecule has 0 heterocycles. The Morgan fingerprint density at radius 1 is 1.46 bits per heavy atom. The lowest BCUT2D eigenvalue weighted by atomic mass is 10.2. The third-order valence-corrected chi connectivity index (χ3v) is 1.40. The average Bonchev–Trinajstić information content (AvgIpc) is 2.15. The summed E-state index contributed by atoms with van der Waals surface area (Å²) in [6, 6.07) is 7.29. The van der Waals surface area contributed by atoms with Crippen molar-refractivity contribution < 1.29 is 0 Å². The number of nitrogens with zero attached hydrogens (tertiary/aromatic N) is 3. The number of benzene rings is 1. The molecular formula is C9H8N4. The molecule has 4 nitrogen and oxygen atoms in total. The van der Waals surface area contributed by atoms with Gasteiger partial charge in [-0.05, 0) is 17.7 Å². The van der Waals surface area contributed by atoms with E-state index in [0.717, 1.165) is 5.56 Å². The van der Waals surface area contributed by atoms with E-state index in [0.29, 0.717) is 5.69 Å². The minimum Gasteiger partial charge on any atom is -0.398 e. The van der Waals surface area contributed by atoms with Crippen LogP contribution in [0.25, 0.3) is 10.4 Å². The van der Waals surface area contributed by atoms with E-state index in [1.54, 1.807) is 6.07 Å². The number of nitrogen functional groups attached to an aromatic ring is 1. The van der Waals surface area contributed by atoms with Crippen LogP contribution < -0.4 is 5.73 Å². The lowest BCUT2D eigenvalue weighted by Crippen LogP contribution is -1.88. The molecule has 0 aliphatic rings. The first kappa shape index (κ1) is 8.98. The van der Waals surface area contributed by atoms with Gasteiger partial charge < -0.3 is 5.73 Å². The second-order valence-corrected chi connectivity index (χ2v) is 2.28. The van der Waals surface area contributed by atoms with Crippen LogP contribution in [0.3, 0.4) is 0 Å². The van der Waals surface area contributed by atoms with Gasteiger partial charge in [-0.3, -0.25) is 0 Å². The topological polar surface area (TPSA) is 74.8 Å². The molecule has 64 valence electrons. The molecule has 0 atom stereocenters. The summed E-state index contributed by atoms with van der Waals surface area (Å²) in [6.07, 6.45) is 0. The molecule has 0 saturated carbocycles. The quantitative estimate of drug-likeness (QED) is 0.227. The first-order chi connectivity index (χ1) is 6.34. The Hall–Kier alpha value is -2.11. The summed E-state index contributed by atoms with van der Waals surface area (Å²) in [5.41, 5.74) is 15.0. The van der Waals surface area contributed by atoms with Crippen LogP contribution in [-0.2, 0) is 0 Å². The summed E-state index contributed by atoms with van der Waals surface area (Å²) in [5, 5.41) is 3.28. The molecule has 4 heteroatoms. The van der Waals surface area contributed by atoms with E-state index in [2.05, 4.69) is 21.9 Å². The van der Waals surface area contributed by atoms with Crippen molar-refractivity contribution in [2.75, 3.05) is 12.3 Å². The molecule has 1 aromatic carbocycles. The molecule has 0 saturated heterocycles. The second-order valence-electron chi connectivity index (χ2n) is 2.28. The molecule has 0 spiro atoms. The van der Waals surface area contributed by atoms with Gasteiger partial charge in [-0.15, -0.1) is 0 Å². The zero-order valence-corrected chi connectivity index (χ0v) is 6.94. The molecule has 13 heavy (non-hydrogen) atoms. The SMILES string of the molecule is [N-]=[N+]=NCC#Cc1ccccc1N. The minimum absolute atomic E-state index is 0.171. The van der Waals surface area contributed by atoms with Gasteiger partial charge in [0.05, 0.1) is 6.54 Å². The van der Waals surface area contributed by atoms with Crippen molar-refractivity contribution in [3.05, 3.63) is 40.3 Å². The zero-order valence-electron chi connectivity index (χ0n) is 6.94. The first-order valence-corrected chi connectivity index (χ1v) is 3.69. The van der Waals surface area contributed by atoms with Crippen molar-refractivity contribution in [2.45, 2.75) is 0 Å². The summed E-state index contributed by atoms with van der Waals surface area (Å²) in [6.45, 7) is 0.171. The monoisotopic (exact) mass is 172 g/mol. The van der Waals surface area contributed by atoms with E-state index in [9.17, 15) is 0 Å². The van der Waals surface area contributed by atoms with Crippen LogP contribution >= 0.6 is 0 Å². The molecule has 1 aromatic rings. The highest BCUT2D eigenvalue weighted by Gasteiger charge is 1.89. The van der Waals surface area contributed by atoms with Crippen molar-refractivity contribution in [2.24, 2.45) is 5.11 Å². The van der Waals surface area contributed by atoms with Gasteiger partial charge in [-0.2, -0.15) is 0 Å². The van der Waals surface area contributed by atoms with Crippen LogP contribution in [-0.4, -0.2) is 6.54 Å². The summed E-state index contributed by atoms with van der Waals surface area (Å²) < 4.78 is 0. The molecule has 1 rings (SSSR count). The van der Waals surface area contributed by atoms with Gasteiger partial charge in [0.2, 0.25) is 0 Å². The predicted octanol–water partition coefficient (Wildman–Crippen LogP) is 1.93.